The van der Waals surface area contributed by atoms with Crippen LogP contribution in [0.4, 0.5) is 0 Å². The zero-order chi connectivity index (χ0) is 11.9. The molecule has 2 fully saturated rings. The van der Waals surface area contributed by atoms with Crippen molar-refractivity contribution in [3.63, 3.8) is 0 Å². The molecule has 3 nitrogen and oxygen atoms in total. The topological polar surface area (TPSA) is 21.7 Å². The molecule has 0 amide bonds. The van der Waals surface area contributed by atoms with Gasteiger partial charge in [-0.1, -0.05) is 27.7 Å². The van der Waals surface area contributed by atoms with Crippen LogP contribution in [0.2, 0.25) is 5.54 Å². The van der Waals surface area contributed by atoms with Crippen molar-refractivity contribution < 1.29 is 8.85 Å². The molecule has 0 aliphatic carbocycles. The van der Waals surface area contributed by atoms with E-state index < -0.39 is 8.72 Å². The van der Waals surface area contributed by atoms with Crippen LogP contribution in [0, 0.1) is 5.92 Å². The molecular weight excluding hydrogens is 218 g/mol. The second-order valence-corrected chi connectivity index (χ2v) is 9.40. The molecule has 0 N–H and O–H groups in total. The first-order chi connectivity index (χ1) is 7.51. The number of rotatable bonds is 3. The lowest BCUT2D eigenvalue weighted by molar-refractivity contribution is 0.155. The lowest BCUT2D eigenvalue weighted by Gasteiger charge is -2.41. The molecule has 2 heterocycles. The summed E-state index contributed by atoms with van der Waals surface area (Å²) in [7, 11) is -0.269. The zero-order valence-electron chi connectivity index (χ0n) is 11.2. The molecule has 2 bridgehead atoms. The molecule has 0 spiro atoms. The minimum Gasteiger partial charge on any atom is -0.386 e. The summed E-state index contributed by atoms with van der Waals surface area (Å²) in [5.41, 5.74) is 0.502. The van der Waals surface area contributed by atoms with Gasteiger partial charge >= 0.3 is 8.72 Å². The van der Waals surface area contributed by atoms with Crippen molar-refractivity contribution in [3.8, 4) is 0 Å². The highest BCUT2D eigenvalue weighted by molar-refractivity contribution is 6.66. The summed E-state index contributed by atoms with van der Waals surface area (Å²) in [6.45, 7) is 10.2. The van der Waals surface area contributed by atoms with E-state index in [1.54, 1.807) is 0 Å². The zero-order valence-corrected chi connectivity index (χ0v) is 12.2. The molecule has 4 atom stereocenters. The quantitative estimate of drug-likeness (QED) is 0.711. The molecule has 2 aliphatic heterocycles. The van der Waals surface area contributed by atoms with Crippen molar-refractivity contribution in [1.82, 2.24) is 4.57 Å². The van der Waals surface area contributed by atoms with Crippen LogP contribution in [-0.4, -0.2) is 39.1 Å². The van der Waals surface area contributed by atoms with Crippen LogP contribution in [0.15, 0.2) is 0 Å². The molecular formula is C12H25NO2Si. The summed E-state index contributed by atoms with van der Waals surface area (Å²) in [5.74, 6) is 0.698. The predicted octanol–water partition coefficient (Wildman–Crippen LogP) is 2.50. The van der Waals surface area contributed by atoms with Gasteiger partial charge in [0, 0.05) is 25.2 Å². The minimum atomic E-state index is -2.11. The van der Waals surface area contributed by atoms with E-state index in [1.165, 1.54) is 12.8 Å². The summed E-state index contributed by atoms with van der Waals surface area (Å²) in [6.07, 6.45) is 2.92. The third-order valence-electron chi connectivity index (χ3n) is 4.11. The number of nitrogens with zero attached hydrogens (tertiary/aromatic N) is 1. The van der Waals surface area contributed by atoms with Crippen LogP contribution in [0.3, 0.4) is 0 Å². The average molecular weight is 243 g/mol. The van der Waals surface area contributed by atoms with Crippen molar-refractivity contribution in [2.75, 3.05) is 13.7 Å². The summed E-state index contributed by atoms with van der Waals surface area (Å²) in [5, 5.41) is 0. The van der Waals surface area contributed by atoms with E-state index in [1.807, 2.05) is 7.11 Å². The highest BCUT2D eigenvalue weighted by Gasteiger charge is 2.59. The van der Waals surface area contributed by atoms with Crippen LogP contribution >= 0.6 is 0 Å². The van der Waals surface area contributed by atoms with Crippen LogP contribution in [0.5, 0.6) is 0 Å². The van der Waals surface area contributed by atoms with E-state index in [2.05, 4.69) is 32.3 Å². The van der Waals surface area contributed by atoms with Crippen LogP contribution in [0.1, 0.15) is 40.5 Å². The van der Waals surface area contributed by atoms with E-state index in [0.29, 0.717) is 23.6 Å². The molecule has 0 aromatic rings. The molecule has 94 valence electrons. The average Bonchev–Trinajstić information content (AvgIpc) is 2.52. The molecule has 16 heavy (non-hydrogen) atoms. The van der Waals surface area contributed by atoms with Crippen LogP contribution in [-0.2, 0) is 8.85 Å². The van der Waals surface area contributed by atoms with E-state index in [9.17, 15) is 0 Å². The van der Waals surface area contributed by atoms with Gasteiger partial charge in [0.15, 0.2) is 0 Å². The molecule has 0 aromatic heterocycles. The van der Waals surface area contributed by atoms with E-state index >= 15 is 0 Å². The highest BCUT2D eigenvalue weighted by Crippen LogP contribution is 2.42. The Morgan fingerprint density at radius 1 is 1.25 bits per heavy atom. The summed E-state index contributed by atoms with van der Waals surface area (Å²) in [6, 6.07) is 0.660. The largest absolute Gasteiger partial charge is 0.430 e. The Balaban J connectivity index is 2.27. The van der Waals surface area contributed by atoms with Gasteiger partial charge in [0.25, 0.3) is 0 Å². The maximum absolute atomic E-state index is 6.31. The molecule has 0 radical (unpaired) electrons. The van der Waals surface area contributed by atoms with Gasteiger partial charge in [0.2, 0.25) is 0 Å². The van der Waals surface area contributed by atoms with Crippen molar-refractivity contribution in [1.29, 1.82) is 0 Å². The first-order valence-corrected chi connectivity index (χ1v) is 8.35. The Hall–Kier alpha value is 0.0969. The van der Waals surface area contributed by atoms with Gasteiger partial charge in [0.1, 0.15) is 0 Å². The molecule has 2 aliphatic rings. The maximum Gasteiger partial charge on any atom is 0.430 e. The van der Waals surface area contributed by atoms with Crippen LogP contribution in [0.25, 0.3) is 0 Å². The normalized spacial score (nSPS) is 43.3. The monoisotopic (exact) mass is 243 g/mol. The second-order valence-electron chi connectivity index (χ2n) is 5.77. The Bertz CT molecular complexity index is 259. The first kappa shape index (κ1) is 12.6. The molecule has 4 unspecified atom stereocenters. The number of hydrogen-bond acceptors (Lipinski definition) is 3. The van der Waals surface area contributed by atoms with Gasteiger partial charge < -0.3 is 8.85 Å². The third kappa shape index (κ3) is 1.76. The summed E-state index contributed by atoms with van der Waals surface area (Å²) >= 11 is 0. The first-order valence-electron chi connectivity index (χ1n) is 6.51. The molecule has 0 saturated carbocycles. The predicted molar refractivity (Wildman–Crippen MR) is 67.3 cm³/mol. The fourth-order valence-corrected chi connectivity index (χ4v) is 7.17. The van der Waals surface area contributed by atoms with Gasteiger partial charge in [-0.05, 0) is 18.8 Å². The number of piperidine rings is 1. The van der Waals surface area contributed by atoms with Crippen molar-refractivity contribution >= 4 is 8.72 Å². The lowest BCUT2D eigenvalue weighted by atomic mass is 9.94. The number of fused-ring (bicyclic) bond motifs is 2. The third-order valence-corrected chi connectivity index (χ3v) is 8.14. The fourth-order valence-electron chi connectivity index (χ4n) is 3.28. The minimum absolute atomic E-state index is 0.434. The Labute approximate surface area is 100 Å². The van der Waals surface area contributed by atoms with Gasteiger partial charge in [0.05, 0.1) is 6.10 Å². The van der Waals surface area contributed by atoms with Crippen molar-refractivity contribution in [2.45, 2.75) is 58.2 Å². The van der Waals surface area contributed by atoms with Crippen LogP contribution < -0.4 is 0 Å². The molecule has 0 aromatic carbocycles. The Morgan fingerprint density at radius 2 is 1.94 bits per heavy atom. The fraction of sp³-hybridized carbons (Fsp3) is 1.00. The van der Waals surface area contributed by atoms with E-state index in [0.717, 1.165) is 6.54 Å². The lowest BCUT2D eigenvalue weighted by Crippen LogP contribution is -2.59. The second kappa shape index (κ2) is 4.41. The van der Waals surface area contributed by atoms with Gasteiger partial charge in [-0.3, -0.25) is 4.57 Å². The summed E-state index contributed by atoms with van der Waals surface area (Å²) < 4.78 is 14.8. The van der Waals surface area contributed by atoms with Gasteiger partial charge in [-0.2, -0.15) is 0 Å². The maximum atomic E-state index is 6.31. The smallest absolute Gasteiger partial charge is 0.386 e. The van der Waals surface area contributed by atoms with E-state index in [-0.39, 0.29) is 0 Å². The Kier molecular flexibility index (Phi) is 3.46. The van der Waals surface area contributed by atoms with E-state index in [4.69, 9.17) is 8.85 Å². The molecule has 2 rings (SSSR count). The molecule has 4 heteroatoms. The standard InChI is InChI=1S/C12H25NO2Si/c1-9(2)12-7-6-11-8-13(12)16(14-5,15-11)10(3)4/h9-12H,6-8H2,1-5H3. The summed E-state index contributed by atoms with van der Waals surface area (Å²) in [4.78, 5) is 0. The van der Waals surface area contributed by atoms with Crippen molar-refractivity contribution in [2.24, 2.45) is 5.92 Å². The number of hydrogen-bond donors (Lipinski definition) is 0. The van der Waals surface area contributed by atoms with Gasteiger partial charge in [-0.15, -0.1) is 0 Å². The van der Waals surface area contributed by atoms with Crippen molar-refractivity contribution in [3.05, 3.63) is 0 Å². The highest BCUT2D eigenvalue weighted by atomic mass is 28.4. The molecule has 2 saturated heterocycles. The SMILES string of the molecule is CO[Si]1(C(C)C)OC2CCC(C(C)C)N1C2. The Morgan fingerprint density at radius 3 is 2.44 bits per heavy atom. The van der Waals surface area contributed by atoms with Gasteiger partial charge in [-0.25, -0.2) is 0 Å².